The number of rotatable bonds is 3. The van der Waals surface area contributed by atoms with Crippen LogP contribution in [0.1, 0.15) is 65.2 Å². The Morgan fingerprint density at radius 2 is 1.64 bits per heavy atom. The van der Waals surface area contributed by atoms with E-state index in [0.29, 0.717) is 5.92 Å². The van der Waals surface area contributed by atoms with Gasteiger partial charge in [-0.1, -0.05) is 52.4 Å². The summed E-state index contributed by atoms with van der Waals surface area (Å²) in [6.07, 6.45) is 11.2. The monoisotopic (exact) mass is 196 g/mol. The summed E-state index contributed by atoms with van der Waals surface area (Å²) in [7, 11) is 0. The Bertz CT molecular complexity index is 166. The van der Waals surface area contributed by atoms with Gasteiger partial charge < -0.3 is 4.79 Å². The molecule has 0 bridgehead atoms. The van der Waals surface area contributed by atoms with E-state index in [1.807, 2.05) is 0 Å². The molecule has 14 heavy (non-hydrogen) atoms. The molecule has 0 spiro atoms. The van der Waals surface area contributed by atoms with Gasteiger partial charge >= 0.3 is 0 Å². The molecule has 0 radical (unpaired) electrons. The summed E-state index contributed by atoms with van der Waals surface area (Å²) in [5, 5.41) is 0. The highest BCUT2D eigenvalue weighted by molar-refractivity contribution is 5.59. The Kier molecular flexibility index (Phi) is 4.64. The lowest BCUT2D eigenvalue weighted by atomic mass is 9.68. The van der Waals surface area contributed by atoms with Gasteiger partial charge in [-0.2, -0.15) is 0 Å². The van der Waals surface area contributed by atoms with Crippen LogP contribution in [0.25, 0.3) is 0 Å². The molecule has 1 fully saturated rings. The third kappa shape index (κ3) is 2.59. The van der Waals surface area contributed by atoms with Crippen molar-refractivity contribution in [1.29, 1.82) is 0 Å². The van der Waals surface area contributed by atoms with E-state index in [0.717, 1.165) is 19.3 Å². The second kappa shape index (κ2) is 5.53. The van der Waals surface area contributed by atoms with Crippen molar-refractivity contribution in [3.05, 3.63) is 0 Å². The third-order valence-corrected chi connectivity index (χ3v) is 4.11. The summed E-state index contributed by atoms with van der Waals surface area (Å²) in [5.74, 6) is 0.568. The van der Waals surface area contributed by atoms with Crippen LogP contribution in [0.4, 0.5) is 0 Å². The molecule has 82 valence electrons. The van der Waals surface area contributed by atoms with Gasteiger partial charge in [0, 0.05) is 5.41 Å². The molecule has 0 heterocycles. The summed E-state index contributed by atoms with van der Waals surface area (Å²) in [6, 6.07) is 0. The summed E-state index contributed by atoms with van der Waals surface area (Å²) in [5.41, 5.74) is 0.0230. The minimum atomic E-state index is 0.0230. The van der Waals surface area contributed by atoms with E-state index in [2.05, 4.69) is 13.8 Å². The minimum Gasteiger partial charge on any atom is -0.303 e. The standard InChI is InChI=1S/C13H24O/c1-3-12(2)13(11-14)9-7-5-4-6-8-10-13/h11-12H,3-10H2,1-2H3. The molecule has 1 unspecified atom stereocenters. The maximum Gasteiger partial charge on any atom is 0.126 e. The molecule has 0 aromatic carbocycles. The van der Waals surface area contributed by atoms with Gasteiger partial charge in [0.2, 0.25) is 0 Å². The number of hydrogen-bond acceptors (Lipinski definition) is 1. The van der Waals surface area contributed by atoms with Gasteiger partial charge in [0.05, 0.1) is 0 Å². The molecule has 0 saturated heterocycles. The lowest BCUT2D eigenvalue weighted by molar-refractivity contribution is -0.120. The van der Waals surface area contributed by atoms with Gasteiger partial charge in [0.25, 0.3) is 0 Å². The quantitative estimate of drug-likeness (QED) is 0.624. The van der Waals surface area contributed by atoms with Crippen molar-refractivity contribution in [3.8, 4) is 0 Å². The smallest absolute Gasteiger partial charge is 0.126 e. The average Bonchev–Trinajstić information content (AvgIpc) is 2.18. The number of aldehydes is 1. The van der Waals surface area contributed by atoms with Crippen LogP contribution in [0, 0.1) is 11.3 Å². The van der Waals surface area contributed by atoms with Crippen molar-refractivity contribution < 1.29 is 4.79 Å². The topological polar surface area (TPSA) is 17.1 Å². The predicted octanol–water partition coefficient (Wildman–Crippen LogP) is 3.96. The average molecular weight is 196 g/mol. The van der Waals surface area contributed by atoms with Crippen molar-refractivity contribution in [3.63, 3.8) is 0 Å². The molecule has 0 aromatic heterocycles. The minimum absolute atomic E-state index is 0.0230. The predicted molar refractivity (Wildman–Crippen MR) is 60.3 cm³/mol. The van der Waals surface area contributed by atoms with Gasteiger partial charge in [0.1, 0.15) is 6.29 Å². The molecule has 1 nitrogen and oxygen atoms in total. The molecule has 1 atom stereocenters. The van der Waals surface area contributed by atoms with Crippen LogP contribution in [0.5, 0.6) is 0 Å². The van der Waals surface area contributed by atoms with E-state index in [1.165, 1.54) is 38.4 Å². The van der Waals surface area contributed by atoms with Crippen molar-refractivity contribution in [2.24, 2.45) is 11.3 Å². The Morgan fingerprint density at radius 1 is 1.14 bits per heavy atom. The maximum atomic E-state index is 11.3. The molecule has 0 aliphatic heterocycles. The van der Waals surface area contributed by atoms with E-state index >= 15 is 0 Å². The molecule has 1 rings (SSSR count). The zero-order valence-electron chi connectivity index (χ0n) is 9.72. The van der Waals surface area contributed by atoms with Crippen LogP contribution < -0.4 is 0 Å². The first-order chi connectivity index (χ1) is 6.75. The molecular weight excluding hydrogens is 172 g/mol. The summed E-state index contributed by atoms with van der Waals surface area (Å²) in [4.78, 5) is 11.3. The fourth-order valence-electron chi connectivity index (χ4n) is 2.70. The van der Waals surface area contributed by atoms with Crippen molar-refractivity contribution >= 4 is 6.29 Å². The first-order valence-corrected chi connectivity index (χ1v) is 6.21. The molecule has 0 amide bonds. The normalized spacial score (nSPS) is 24.7. The fourth-order valence-corrected chi connectivity index (χ4v) is 2.70. The fraction of sp³-hybridized carbons (Fsp3) is 0.923. The van der Waals surface area contributed by atoms with E-state index in [9.17, 15) is 4.79 Å². The van der Waals surface area contributed by atoms with E-state index in [4.69, 9.17) is 0 Å². The van der Waals surface area contributed by atoms with Gasteiger partial charge in [-0.15, -0.1) is 0 Å². The van der Waals surface area contributed by atoms with Crippen molar-refractivity contribution in [1.82, 2.24) is 0 Å². The Labute approximate surface area is 88.3 Å². The molecule has 1 heteroatoms. The SMILES string of the molecule is CCC(C)C1(C=O)CCCCCCC1. The zero-order chi connectivity index (χ0) is 10.4. The Morgan fingerprint density at radius 3 is 2.07 bits per heavy atom. The molecular formula is C13H24O. The second-order valence-electron chi connectivity index (χ2n) is 4.93. The summed E-state index contributed by atoms with van der Waals surface area (Å²) < 4.78 is 0. The highest BCUT2D eigenvalue weighted by atomic mass is 16.1. The van der Waals surface area contributed by atoms with Crippen molar-refractivity contribution in [2.45, 2.75) is 65.2 Å². The molecule has 1 aliphatic rings. The summed E-state index contributed by atoms with van der Waals surface area (Å²) >= 11 is 0. The highest BCUT2D eigenvalue weighted by Crippen LogP contribution is 2.40. The van der Waals surface area contributed by atoms with Crippen LogP contribution in [0.2, 0.25) is 0 Å². The van der Waals surface area contributed by atoms with Crippen LogP contribution >= 0.6 is 0 Å². The Hall–Kier alpha value is -0.330. The zero-order valence-corrected chi connectivity index (χ0v) is 9.72. The number of carbonyl (C=O) groups excluding carboxylic acids is 1. The van der Waals surface area contributed by atoms with Crippen molar-refractivity contribution in [2.75, 3.05) is 0 Å². The molecule has 0 aromatic rings. The summed E-state index contributed by atoms with van der Waals surface area (Å²) in [6.45, 7) is 4.45. The molecule has 1 aliphatic carbocycles. The van der Waals surface area contributed by atoms with Gasteiger partial charge in [-0.05, 0) is 18.8 Å². The van der Waals surface area contributed by atoms with E-state index < -0.39 is 0 Å². The van der Waals surface area contributed by atoms with Crippen LogP contribution in [0.3, 0.4) is 0 Å². The Balaban J connectivity index is 2.67. The highest BCUT2D eigenvalue weighted by Gasteiger charge is 2.34. The van der Waals surface area contributed by atoms with Gasteiger partial charge in [0.15, 0.2) is 0 Å². The lowest BCUT2D eigenvalue weighted by Crippen LogP contribution is -2.31. The third-order valence-electron chi connectivity index (χ3n) is 4.11. The van der Waals surface area contributed by atoms with Gasteiger partial charge in [-0.25, -0.2) is 0 Å². The van der Waals surface area contributed by atoms with Gasteiger partial charge in [-0.3, -0.25) is 0 Å². The van der Waals surface area contributed by atoms with Crippen LogP contribution in [-0.2, 0) is 4.79 Å². The van der Waals surface area contributed by atoms with E-state index in [-0.39, 0.29) is 5.41 Å². The lowest BCUT2D eigenvalue weighted by Gasteiger charge is -2.35. The molecule has 1 saturated carbocycles. The van der Waals surface area contributed by atoms with Crippen LogP contribution in [-0.4, -0.2) is 6.29 Å². The second-order valence-corrected chi connectivity index (χ2v) is 4.93. The van der Waals surface area contributed by atoms with E-state index in [1.54, 1.807) is 0 Å². The maximum absolute atomic E-state index is 11.3. The van der Waals surface area contributed by atoms with Crippen LogP contribution in [0.15, 0.2) is 0 Å². The number of carbonyl (C=O) groups is 1. The largest absolute Gasteiger partial charge is 0.303 e. The first-order valence-electron chi connectivity index (χ1n) is 6.21. The molecule has 0 N–H and O–H groups in total. The number of hydrogen-bond donors (Lipinski definition) is 0. The first kappa shape index (κ1) is 11.7.